The van der Waals surface area contributed by atoms with Crippen molar-refractivity contribution in [1.29, 1.82) is 0 Å². The van der Waals surface area contributed by atoms with E-state index in [1.807, 2.05) is 18.3 Å². The second kappa shape index (κ2) is 6.64. The summed E-state index contributed by atoms with van der Waals surface area (Å²) < 4.78 is 1.56. The maximum absolute atomic E-state index is 12.2. The van der Waals surface area contributed by atoms with Crippen LogP contribution in [0.25, 0.3) is 17.5 Å². The standard InChI is InChI=1S/C19H18N6O2/c1-3-25-17(20-2)14(13-7-12(13)11-5-4-6-21-9-11)8-16(24-25)15-10-22-19(27)23-18(15)26/h3-6,8-10,12-13H,1,7H2,2H3,(H2,22,23,26,27)/t12-,13+/m1/s1. The molecule has 4 rings (SSSR count). The first-order chi connectivity index (χ1) is 13.1. The van der Waals surface area contributed by atoms with E-state index in [2.05, 4.69) is 37.7 Å². The predicted molar refractivity (Wildman–Crippen MR) is 101 cm³/mol. The molecule has 0 bridgehead atoms. The van der Waals surface area contributed by atoms with Gasteiger partial charge >= 0.3 is 5.69 Å². The molecule has 3 heterocycles. The molecule has 1 fully saturated rings. The van der Waals surface area contributed by atoms with Gasteiger partial charge in [-0.2, -0.15) is 5.10 Å². The van der Waals surface area contributed by atoms with E-state index in [9.17, 15) is 9.59 Å². The Morgan fingerprint density at radius 1 is 1.37 bits per heavy atom. The molecule has 0 aliphatic heterocycles. The number of pyridine rings is 1. The van der Waals surface area contributed by atoms with E-state index in [1.165, 1.54) is 11.8 Å². The first kappa shape index (κ1) is 16.9. The summed E-state index contributed by atoms with van der Waals surface area (Å²) in [5.74, 6) is 0.601. The van der Waals surface area contributed by atoms with Gasteiger partial charge in [-0.3, -0.25) is 19.8 Å². The van der Waals surface area contributed by atoms with Crippen LogP contribution in [0, 0.1) is 0 Å². The van der Waals surface area contributed by atoms with Crippen LogP contribution in [0.5, 0.6) is 0 Å². The minimum atomic E-state index is -0.556. The molecule has 27 heavy (non-hydrogen) atoms. The van der Waals surface area contributed by atoms with E-state index >= 15 is 0 Å². The quantitative estimate of drug-likeness (QED) is 0.727. The second-order valence-corrected chi connectivity index (χ2v) is 6.38. The van der Waals surface area contributed by atoms with Crippen LogP contribution in [0.3, 0.4) is 0 Å². The highest BCUT2D eigenvalue weighted by Gasteiger charge is 2.41. The Morgan fingerprint density at radius 2 is 2.22 bits per heavy atom. The number of nitrogens with zero attached hydrogens (tertiary/aromatic N) is 4. The molecule has 136 valence electrons. The fourth-order valence-corrected chi connectivity index (χ4v) is 3.40. The average Bonchev–Trinajstić information content (AvgIpc) is 3.48. The average molecular weight is 362 g/mol. The van der Waals surface area contributed by atoms with Crippen LogP contribution >= 0.6 is 0 Å². The maximum atomic E-state index is 12.2. The zero-order chi connectivity index (χ0) is 19.0. The summed E-state index contributed by atoms with van der Waals surface area (Å²) in [7, 11) is 1.70. The third-order valence-corrected chi connectivity index (χ3v) is 4.77. The van der Waals surface area contributed by atoms with Crippen LogP contribution < -0.4 is 16.7 Å². The number of hydrogen-bond donors (Lipinski definition) is 2. The number of aromatic nitrogens is 5. The fraction of sp³-hybridized carbons (Fsp3) is 0.211. The molecule has 3 aromatic heterocycles. The molecule has 3 aromatic rings. The van der Waals surface area contributed by atoms with Crippen molar-refractivity contribution in [2.75, 3.05) is 7.05 Å². The number of H-pyrrole nitrogens is 2. The van der Waals surface area contributed by atoms with Crippen LogP contribution in [0.1, 0.15) is 29.4 Å². The van der Waals surface area contributed by atoms with Crippen LogP contribution in [-0.4, -0.2) is 31.8 Å². The van der Waals surface area contributed by atoms with Crippen molar-refractivity contribution in [3.63, 3.8) is 0 Å². The second-order valence-electron chi connectivity index (χ2n) is 6.38. The highest BCUT2D eigenvalue weighted by Crippen LogP contribution is 2.53. The van der Waals surface area contributed by atoms with Crippen LogP contribution in [-0.2, 0) is 0 Å². The smallest absolute Gasteiger partial charge is 0.313 e. The normalized spacial score (nSPS) is 19.1. The summed E-state index contributed by atoms with van der Waals surface area (Å²) >= 11 is 0. The lowest BCUT2D eigenvalue weighted by Crippen LogP contribution is -2.27. The zero-order valence-corrected chi connectivity index (χ0v) is 14.7. The highest BCUT2D eigenvalue weighted by atomic mass is 16.2. The lowest BCUT2D eigenvalue weighted by atomic mass is 10.1. The Balaban J connectivity index is 1.85. The van der Waals surface area contributed by atoms with Crippen molar-refractivity contribution in [2.45, 2.75) is 18.3 Å². The monoisotopic (exact) mass is 362 g/mol. The number of rotatable bonds is 4. The molecular formula is C19H18N6O2. The Labute approximate surface area is 154 Å². The van der Waals surface area contributed by atoms with Gasteiger partial charge in [0, 0.05) is 37.4 Å². The Bertz CT molecular complexity index is 1190. The number of aromatic amines is 2. The van der Waals surface area contributed by atoms with Gasteiger partial charge in [-0.15, -0.1) is 0 Å². The minimum Gasteiger partial charge on any atom is -0.313 e. The van der Waals surface area contributed by atoms with Gasteiger partial charge in [0.25, 0.3) is 5.56 Å². The van der Waals surface area contributed by atoms with Gasteiger partial charge in [0.15, 0.2) is 5.49 Å². The van der Waals surface area contributed by atoms with Gasteiger partial charge in [-0.25, -0.2) is 9.48 Å². The summed E-state index contributed by atoms with van der Waals surface area (Å²) in [6, 6.07) is 5.86. The van der Waals surface area contributed by atoms with Gasteiger partial charge < -0.3 is 4.98 Å². The first-order valence-electron chi connectivity index (χ1n) is 8.54. The van der Waals surface area contributed by atoms with Crippen molar-refractivity contribution >= 4 is 6.20 Å². The summed E-state index contributed by atoms with van der Waals surface area (Å²) in [6.07, 6.45) is 7.53. The number of nitrogens with one attached hydrogen (secondary N) is 2. The largest absolute Gasteiger partial charge is 0.325 e. The Hall–Kier alpha value is -3.55. The van der Waals surface area contributed by atoms with E-state index in [1.54, 1.807) is 24.1 Å². The fourth-order valence-electron chi connectivity index (χ4n) is 3.40. The summed E-state index contributed by atoms with van der Waals surface area (Å²) in [5.41, 5.74) is 2.55. The predicted octanol–water partition coefficient (Wildman–Crippen LogP) is 1.22. The molecule has 1 aliphatic carbocycles. The van der Waals surface area contributed by atoms with Crippen molar-refractivity contribution in [2.24, 2.45) is 4.99 Å². The molecule has 0 unspecified atom stereocenters. The van der Waals surface area contributed by atoms with E-state index in [0.29, 0.717) is 17.1 Å². The Kier molecular flexibility index (Phi) is 4.15. The third kappa shape index (κ3) is 3.05. The third-order valence-electron chi connectivity index (χ3n) is 4.77. The Morgan fingerprint density at radius 3 is 2.89 bits per heavy atom. The molecule has 8 nitrogen and oxygen atoms in total. The molecule has 0 radical (unpaired) electrons. The molecule has 0 spiro atoms. The molecule has 0 aromatic carbocycles. The van der Waals surface area contributed by atoms with E-state index < -0.39 is 11.2 Å². The molecular weight excluding hydrogens is 344 g/mol. The summed E-state index contributed by atoms with van der Waals surface area (Å²) in [4.78, 5) is 36.8. The maximum Gasteiger partial charge on any atom is 0.325 e. The first-order valence-corrected chi connectivity index (χ1v) is 8.54. The van der Waals surface area contributed by atoms with Crippen molar-refractivity contribution in [1.82, 2.24) is 24.7 Å². The molecule has 8 heteroatoms. The molecule has 1 saturated carbocycles. The van der Waals surface area contributed by atoms with Crippen LogP contribution in [0.2, 0.25) is 0 Å². The molecule has 2 atom stereocenters. The highest BCUT2D eigenvalue weighted by molar-refractivity contribution is 5.57. The zero-order valence-electron chi connectivity index (χ0n) is 14.7. The van der Waals surface area contributed by atoms with Gasteiger partial charge in [-0.05, 0) is 36.0 Å². The summed E-state index contributed by atoms with van der Waals surface area (Å²) in [6.45, 7) is 3.80. The van der Waals surface area contributed by atoms with Crippen molar-refractivity contribution in [3.05, 3.63) is 80.8 Å². The van der Waals surface area contributed by atoms with Gasteiger partial charge in [0.2, 0.25) is 0 Å². The number of hydrogen-bond acceptors (Lipinski definition) is 5. The molecule has 1 aliphatic rings. The SMILES string of the molecule is C=Cn1nc(-c2c[nH]c(=O)[nH]c2=O)cc([C@H]2C[C@@H]2c2cccnc2)c1=NC. The molecule has 0 amide bonds. The van der Waals surface area contributed by atoms with Gasteiger partial charge in [-0.1, -0.05) is 12.6 Å². The van der Waals surface area contributed by atoms with Gasteiger partial charge in [0.1, 0.15) is 0 Å². The van der Waals surface area contributed by atoms with Crippen LogP contribution in [0.4, 0.5) is 0 Å². The lowest BCUT2D eigenvalue weighted by molar-refractivity contribution is 0.794. The summed E-state index contributed by atoms with van der Waals surface area (Å²) in [5, 5.41) is 4.44. The van der Waals surface area contributed by atoms with E-state index in [0.717, 1.165) is 12.0 Å². The van der Waals surface area contributed by atoms with E-state index in [4.69, 9.17) is 0 Å². The van der Waals surface area contributed by atoms with Gasteiger partial charge in [0.05, 0.1) is 11.3 Å². The minimum absolute atomic E-state index is 0.252. The van der Waals surface area contributed by atoms with Crippen LogP contribution in [0.15, 0.2) is 58.0 Å². The van der Waals surface area contributed by atoms with Crippen molar-refractivity contribution in [3.8, 4) is 11.3 Å². The molecule has 0 saturated heterocycles. The lowest BCUT2D eigenvalue weighted by Gasteiger charge is -2.10. The van der Waals surface area contributed by atoms with Crippen molar-refractivity contribution < 1.29 is 0 Å². The molecule has 2 N–H and O–H groups in total. The van der Waals surface area contributed by atoms with E-state index in [-0.39, 0.29) is 11.5 Å². The topological polar surface area (TPSA) is 109 Å².